The molecule has 0 unspecified atom stereocenters. The van der Waals surface area contributed by atoms with Gasteiger partial charge in [-0.2, -0.15) is 0 Å². The Balaban J connectivity index is 1.71. The Hall–Kier alpha value is -0.640. The van der Waals surface area contributed by atoms with Crippen molar-refractivity contribution in [2.75, 3.05) is 0 Å². The Morgan fingerprint density at radius 2 is 1.95 bits per heavy atom. The molecule has 0 amide bonds. The van der Waals surface area contributed by atoms with Crippen LogP contribution in [-0.2, 0) is 6.54 Å². The van der Waals surface area contributed by atoms with Gasteiger partial charge < -0.3 is 5.32 Å². The summed E-state index contributed by atoms with van der Waals surface area (Å²) < 4.78 is 1.16. The SMILES string of the molecule is Cc1ccc(CN[C@H](c2ccc(Br)cc2)C2CCC2)s1. The van der Waals surface area contributed by atoms with Gasteiger partial charge in [0.2, 0.25) is 0 Å². The van der Waals surface area contributed by atoms with Crippen molar-refractivity contribution >= 4 is 27.3 Å². The Kier molecular flexibility index (Phi) is 4.59. The van der Waals surface area contributed by atoms with E-state index in [2.05, 4.69) is 64.6 Å². The molecule has 1 atom stereocenters. The first-order valence-corrected chi connectivity index (χ1v) is 8.87. The maximum absolute atomic E-state index is 3.78. The van der Waals surface area contributed by atoms with Gasteiger partial charge in [-0.05, 0) is 55.5 Å². The standard InChI is InChI=1S/C17H20BrNS/c1-12-5-10-16(20-12)11-19-17(13-3-2-4-13)14-6-8-15(18)9-7-14/h5-10,13,17,19H,2-4,11H2,1H3/t17-/m0/s1. The van der Waals surface area contributed by atoms with Crippen LogP contribution in [0.1, 0.15) is 40.6 Å². The zero-order valence-corrected chi connectivity index (χ0v) is 14.1. The molecular formula is C17H20BrNS. The largest absolute Gasteiger partial charge is 0.305 e. The first-order chi connectivity index (χ1) is 9.72. The van der Waals surface area contributed by atoms with E-state index in [9.17, 15) is 0 Å². The highest BCUT2D eigenvalue weighted by atomic mass is 79.9. The van der Waals surface area contributed by atoms with E-state index >= 15 is 0 Å². The minimum absolute atomic E-state index is 0.499. The summed E-state index contributed by atoms with van der Waals surface area (Å²) in [7, 11) is 0. The fraction of sp³-hybridized carbons (Fsp3) is 0.412. The third-order valence-corrected chi connectivity index (χ3v) is 5.67. The highest BCUT2D eigenvalue weighted by Crippen LogP contribution is 2.38. The molecule has 1 N–H and O–H groups in total. The van der Waals surface area contributed by atoms with Crippen molar-refractivity contribution in [3.05, 3.63) is 56.2 Å². The lowest BCUT2D eigenvalue weighted by Gasteiger charge is -2.35. The lowest BCUT2D eigenvalue weighted by atomic mass is 9.77. The van der Waals surface area contributed by atoms with Crippen LogP contribution >= 0.6 is 27.3 Å². The van der Waals surface area contributed by atoms with Gasteiger partial charge in [0.25, 0.3) is 0 Å². The van der Waals surface area contributed by atoms with Crippen molar-refractivity contribution in [1.82, 2.24) is 5.32 Å². The summed E-state index contributed by atoms with van der Waals surface area (Å²) in [6.45, 7) is 3.15. The lowest BCUT2D eigenvalue weighted by molar-refractivity contribution is 0.230. The first kappa shape index (κ1) is 14.3. The predicted molar refractivity (Wildman–Crippen MR) is 90.1 cm³/mol. The van der Waals surface area contributed by atoms with Gasteiger partial charge in [-0.3, -0.25) is 0 Å². The third-order valence-electron chi connectivity index (χ3n) is 4.14. The second kappa shape index (κ2) is 6.42. The average molecular weight is 350 g/mol. The number of nitrogens with one attached hydrogen (secondary N) is 1. The van der Waals surface area contributed by atoms with E-state index in [0.29, 0.717) is 6.04 Å². The monoisotopic (exact) mass is 349 g/mol. The Bertz CT molecular complexity index is 557. The molecular weight excluding hydrogens is 330 g/mol. The molecule has 0 aliphatic heterocycles. The van der Waals surface area contributed by atoms with Gasteiger partial charge in [0.1, 0.15) is 0 Å². The molecule has 1 aliphatic rings. The predicted octanol–water partition coefficient (Wildman–Crippen LogP) is 5.45. The minimum Gasteiger partial charge on any atom is -0.305 e. The van der Waals surface area contributed by atoms with Crippen molar-refractivity contribution in [2.45, 2.75) is 38.8 Å². The molecule has 0 spiro atoms. The molecule has 1 aliphatic carbocycles. The number of rotatable bonds is 5. The molecule has 106 valence electrons. The smallest absolute Gasteiger partial charge is 0.0351 e. The highest BCUT2D eigenvalue weighted by Gasteiger charge is 2.28. The Labute approximate surface area is 133 Å². The van der Waals surface area contributed by atoms with Crippen molar-refractivity contribution in [1.29, 1.82) is 0 Å². The van der Waals surface area contributed by atoms with Crippen LogP contribution in [0.25, 0.3) is 0 Å². The third kappa shape index (κ3) is 3.33. The van der Waals surface area contributed by atoms with E-state index in [1.165, 1.54) is 34.6 Å². The molecule has 1 aromatic carbocycles. The van der Waals surface area contributed by atoms with Crippen LogP contribution in [0.15, 0.2) is 40.9 Å². The van der Waals surface area contributed by atoms with Gasteiger partial charge in [-0.1, -0.05) is 34.5 Å². The molecule has 1 heterocycles. The van der Waals surface area contributed by atoms with Crippen molar-refractivity contribution in [3.63, 3.8) is 0 Å². The highest BCUT2D eigenvalue weighted by molar-refractivity contribution is 9.10. The van der Waals surface area contributed by atoms with Gasteiger partial charge in [0.15, 0.2) is 0 Å². The molecule has 1 nitrogen and oxygen atoms in total. The Morgan fingerprint density at radius 1 is 1.20 bits per heavy atom. The number of thiophene rings is 1. The van der Waals surface area contributed by atoms with Crippen LogP contribution in [-0.4, -0.2) is 0 Å². The lowest BCUT2D eigenvalue weighted by Crippen LogP contribution is -2.31. The average Bonchev–Trinajstić information content (AvgIpc) is 2.79. The summed E-state index contributed by atoms with van der Waals surface area (Å²) in [5.41, 5.74) is 1.42. The second-order valence-corrected chi connectivity index (χ2v) is 7.90. The normalized spacial score (nSPS) is 16.9. The van der Waals surface area contributed by atoms with Crippen LogP contribution in [0, 0.1) is 12.8 Å². The van der Waals surface area contributed by atoms with Gasteiger partial charge in [-0.25, -0.2) is 0 Å². The molecule has 3 rings (SSSR count). The fourth-order valence-electron chi connectivity index (χ4n) is 2.79. The molecule has 0 radical (unpaired) electrons. The summed E-state index contributed by atoms with van der Waals surface area (Å²) in [6.07, 6.45) is 4.10. The van der Waals surface area contributed by atoms with Crippen LogP contribution in [0.5, 0.6) is 0 Å². The van der Waals surface area contributed by atoms with Crippen molar-refractivity contribution in [3.8, 4) is 0 Å². The molecule has 3 heteroatoms. The van der Waals surface area contributed by atoms with E-state index in [4.69, 9.17) is 0 Å². The quantitative estimate of drug-likeness (QED) is 0.756. The minimum atomic E-state index is 0.499. The second-order valence-electron chi connectivity index (χ2n) is 5.61. The fourth-order valence-corrected chi connectivity index (χ4v) is 3.90. The van der Waals surface area contributed by atoms with E-state index in [1.807, 2.05) is 11.3 Å². The zero-order chi connectivity index (χ0) is 13.9. The van der Waals surface area contributed by atoms with Crippen molar-refractivity contribution in [2.24, 2.45) is 5.92 Å². The van der Waals surface area contributed by atoms with E-state index < -0.39 is 0 Å². The molecule has 0 saturated heterocycles. The van der Waals surface area contributed by atoms with Crippen molar-refractivity contribution < 1.29 is 0 Å². The van der Waals surface area contributed by atoms with Crippen LogP contribution in [0.4, 0.5) is 0 Å². The zero-order valence-electron chi connectivity index (χ0n) is 11.7. The molecule has 1 fully saturated rings. The maximum Gasteiger partial charge on any atom is 0.0351 e. The van der Waals surface area contributed by atoms with Crippen LogP contribution in [0.3, 0.4) is 0 Å². The van der Waals surface area contributed by atoms with Crippen LogP contribution in [0.2, 0.25) is 0 Å². The number of aryl methyl sites for hydroxylation is 1. The van der Waals surface area contributed by atoms with E-state index in [1.54, 1.807) is 0 Å². The number of hydrogen-bond acceptors (Lipinski definition) is 2. The number of benzene rings is 1. The van der Waals surface area contributed by atoms with E-state index in [-0.39, 0.29) is 0 Å². The Morgan fingerprint density at radius 3 is 2.50 bits per heavy atom. The molecule has 0 bridgehead atoms. The summed E-state index contributed by atoms with van der Waals surface area (Å²) in [4.78, 5) is 2.83. The molecule has 20 heavy (non-hydrogen) atoms. The van der Waals surface area contributed by atoms with Crippen LogP contribution < -0.4 is 5.32 Å². The summed E-state index contributed by atoms with van der Waals surface area (Å²) in [5, 5.41) is 3.78. The van der Waals surface area contributed by atoms with Gasteiger partial charge in [0, 0.05) is 26.8 Å². The first-order valence-electron chi connectivity index (χ1n) is 7.26. The molecule has 2 aromatic rings. The van der Waals surface area contributed by atoms with Gasteiger partial charge in [-0.15, -0.1) is 11.3 Å². The van der Waals surface area contributed by atoms with Gasteiger partial charge >= 0.3 is 0 Å². The van der Waals surface area contributed by atoms with Gasteiger partial charge in [0.05, 0.1) is 0 Å². The maximum atomic E-state index is 3.78. The number of hydrogen-bond donors (Lipinski definition) is 1. The summed E-state index contributed by atoms with van der Waals surface area (Å²) >= 11 is 5.42. The van der Waals surface area contributed by atoms with E-state index in [0.717, 1.165) is 16.9 Å². The number of halogens is 1. The summed E-state index contributed by atoms with van der Waals surface area (Å²) in [5.74, 6) is 0.803. The summed E-state index contributed by atoms with van der Waals surface area (Å²) in [6, 6.07) is 13.8. The molecule has 1 aromatic heterocycles. The molecule has 1 saturated carbocycles. The topological polar surface area (TPSA) is 12.0 Å².